The Bertz CT molecular complexity index is 1030. The Kier molecular flexibility index (Phi) is 6.84. The molecule has 3 aromatic rings. The van der Waals surface area contributed by atoms with E-state index in [1.807, 2.05) is 42.5 Å². The van der Waals surface area contributed by atoms with Gasteiger partial charge in [0.25, 0.3) is 0 Å². The summed E-state index contributed by atoms with van der Waals surface area (Å²) in [7, 11) is 1.60. The number of ether oxygens (including phenoxy) is 2. The van der Waals surface area contributed by atoms with E-state index in [0.29, 0.717) is 27.9 Å². The van der Waals surface area contributed by atoms with Crippen molar-refractivity contribution in [3.8, 4) is 11.5 Å². The molecule has 0 saturated heterocycles. The van der Waals surface area contributed by atoms with Gasteiger partial charge in [-0.15, -0.1) is 0 Å². The number of aromatic nitrogens is 3. The molecule has 0 unspecified atom stereocenters. The van der Waals surface area contributed by atoms with Crippen LogP contribution in [0.2, 0.25) is 5.02 Å². The number of aromatic amines is 1. The molecule has 0 aliphatic rings. The molecule has 3 rings (SSSR count). The standard InChI is InChI=1S/C20H21ClN4O2S/c1-3-6-19-23-24-20(28)25(19)22-12-14-9-10-17(26-2)18(11-14)27-13-15-7-4-5-8-16(15)21/h4-5,7-12H,3,6,13H2,1-2H3,(H,24,28)/b22-12+. The molecular formula is C20H21ClN4O2S. The van der Waals surface area contributed by atoms with Gasteiger partial charge in [-0.1, -0.05) is 36.7 Å². The average Bonchev–Trinajstić information content (AvgIpc) is 3.05. The Morgan fingerprint density at radius 2 is 2.07 bits per heavy atom. The van der Waals surface area contributed by atoms with Crippen molar-refractivity contribution < 1.29 is 9.47 Å². The number of hydrogen-bond donors (Lipinski definition) is 1. The molecular weight excluding hydrogens is 396 g/mol. The van der Waals surface area contributed by atoms with Crippen LogP contribution in [0.3, 0.4) is 0 Å². The SMILES string of the molecule is CCCc1n[nH]c(=S)n1/N=C/c1ccc(OC)c(OCc2ccccc2Cl)c1. The number of rotatable bonds is 8. The number of aryl methyl sites for hydroxylation is 1. The van der Waals surface area contributed by atoms with Crippen molar-refractivity contribution in [2.24, 2.45) is 5.10 Å². The van der Waals surface area contributed by atoms with Gasteiger partial charge in [0, 0.05) is 17.0 Å². The number of H-pyrrole nitrogens is 1. The summed E-state index contributed by atoms with van der Waals surface area (Å²) in [4.78, 5) is 0. The molecule has 2 aromatic carbocycles. The largest absolute Gasteiger partial charge is 0.493 e. The summed E-state index contributed by atoms with van der Waals surface area (Å²) in [6.07, 6.45) is 3.46. The Labute approximate surface area is 173 Å². The van der Waals surface area contributed by atoms with Crippen LogP contribution in [0.4, 0.5) is 0 Å². The molecule has 6 nitrogen and oxygen atoms in total. The van der Waals surface area contributed by atoms with Gasteiger partial charge < -0.3 is 9.47 Å². The summed E-state index contributed by atoms with van der Waals surface area (Å²) in [5.74, 6) is 2.04. The second-order valence-electron chi connectivity index (χ2n) is 6.04. The Morgan fingerprint density at radius 1 is 1.25 bits per heavy atom. The van der Waals surface area contributed by atoms with Gasteiger partial charge in [0.05, 0.1) is 13.3 Å². The van der Waals surface area contributed by atoms with Crippen LogP contribution < -0.4 is 9.47 Å². The van der Waals surface area contributed by atoms with Gasteiger partial charge in [-0.2, -0.15) is 14.9 Å². The minimum atomic E-state index is 0.337. The fourth-order valence-corrected chi connectivity index (χ4v) is 3.00. The van der Waals surface area contributed by atoms with Gasteiger partial charge in [-0.3, -0.25) is 5.10 Å². The Balaban J connectivity index is 1.82. The van der Waals surface area contributed by atoms with E-state index < -0.39 is 0 Å². The predicted molar refractivity (Wildman–Crippen MR) is 113 cm³/mol. The second kappa shape index (κ2) is 9.52. The molecule has 1 N–H and O–H groups in total. The molecule has 1 heterocycles. The molecule has 28 heavy (non-hydrogen) atoms. The van der Waals surface area contributed by atoms with Crippen molar-refractivity contribution in [3.05, 3.63) is 69.2 Å². The number of nitrogens with one attached hydrogen (secondary N) is 1. The summed E-state index contributed by atoms with van der Waals surface area (Å²) in [5, 5.41) is 12.1. The number of methoxy groups -OCH3 is 1. The predicted octanol–water partition coefficient (Wildman–Crippen LogP) is 5.02. The molecule has 0 amide bonds. The lowest BCUT2D eigenvalue weighted by molar-refractivity contribution is 0.284. The maximum atomic E-state index is 6.20. The maximum Gasteiger partial charge on any atom is 0.216 e. The second-order valence-corrected chi connectivity index (χ2v) is 6.84. The van der Waals surface area contributed by atoms with E-state index in [9.17, 15) is 0 Å². The van der Waals surface area contributed by atoms with Crippen molar-refractivity contribution >= 4 is 30.0 Å². The zero-order valence-electron chi connectivity index (χ0n) is 15.7. The van der Waals surface area contributed by atoms with Crippen LogP contribution in [0.5, 0.6) is 11.5 Å². The fourth-order valence-electron chi connectivity index (χ4n) is 2.61. The fraction of sp³-hybridized carbons (Fsp3) is 0.250. The lowest BCUT2D eigenvalue weighted by Crippen LogP contribution is -2.00. The van der Waals surface area contributed by atoms with E-state index in [-0.39, 0.29) is 0 Å². The third-order valence-electron chi connectivity index (χ3n) is 4.04. The van der Waals surface area contributed by atoms with Gasteiger partial charge in [-0.25, -0.2) is 0 Å². The highest BCUT2D eigenvalue weighted by molar-refractivity contribution is 7.71. The van der Waals surface area contributed by atoms with E-state index in [4.69, 9.17) is 33.3 Å². The van der Waals surface area contributed by atoms with Crippen LogP contribution in [-0.2, 0) is 13.0 Å². The third kappa shape index (κ3) is 4.79. The summed E-state index contributed by atoms with van der Waals surface area (Å²) >= 11 is 11.5. The van der Waals surface area contributed by atoms with Gasteiger partial charge in [0.1, 0.15) is 6.61 Å². The van der Waals surface area contributed by atoms with Gasteiger partial charge in [0.2, 0.25) is 4.77 Å². The van der Waals surface area contributed by atoms with E-state index in [1.165, 1.54) is 0 Å². The van der Waals surface area contributed by atoms with E-state index in [1.54, 1.807) is 18.0 Å². The third-order valence-corrected chi connectivity index (χ3v) is 4.67. The molecule has 0 spiro atoms. The number of hydrogen-bond acceptors (Lipinski definition) is 5. The molecule has 0 fully saturated rings. The van der Waals surface area contributed by atoms with Crippen molar-refractivity contribution in [2.45, 2.75) is 26.4 Å². The molecule has 0 saturated carbocycles. The molecule has 0 aliphatic carbocycles. The highest BCUT2D eigenvalue weighted by atomic mass is 35.5. The minimum Gasteiger partial charge on any atom is -0.493 e. The number of nitrogens with zero attached hydrogens (tertiary/aromatic N) is 3. The molecule has 0 bridgehead atoms. The normalized spacial score (nSPS) is 11.1. The van der Waals surface area contributed by atoms with Crippen LogP contribution in [0.15, 0.2) is 47.6 Å². The molecule has 0 radical (unpaired) electrons. The van der Waals surface area contributed by atoms with Crippen LogP contribution in [0.1, 0.15) is 30.3 Å². The number of benzene rings is 2. The Morgan fingerprint density at radius 3 is 2.82 bits per heavy atom. The van der Waals surface area contributed by atoms with Gasteiger partial charge in [-0.05, 0) is 48.5 Å². The van der Waals surface area contributed by atoms with Crippen molar-refractivity contribution in [2.75, 3.05) is 7.11 Å². The molecule has 1 aromatic heterocycles. The van der Waals surface area contributed by atoms with Crippen molar-refractivity contribution in [1.82, 2.24) is 14.9 Å². The highest BCUT2D eigenvalue weighted by Gasteiger charge is 2.08. The minimum absolute atomic E-state index is 0.337. The van der Waals surface area contributed by atoms with Crippen molar-refractivity contribution in [3.63, 3.8) is 0 Å². The first-order chi connectivity index (χ1) is 13.6. The van der Waals surface area contributed by atoms with Crippen LogP contribution in [0, 0.1) is 4.77 Å². The monoisotopic (exact) mass is 416 g/mol. The van der Waals surface area contributed by atoms with Crippen LogP contribution in [-0.4, -0.2) is 28.2 Å². The quantitative estimate of drug-likeness (QED) is 0.413. The van der Waals surface area contributed by atoms with Crippen molar-refractivity contribution in [1.29, 1.82) is 0 Å². The van der Waals surface area contributed by atoms with Crippen LogP contribution in [0.25, 0.3) is 0 Å². The lowest BCUT2D eigenvalue weighted by Gasteiger charge is -2.12. The smallest absolute Gasteiger partial charge is 0.216 e. The summed E-state index contributed by atoms with van der Waals surface area (Å²) in [6, 6.07) is 13.2. The first-order valence-electron chi connectivity index (χ1n) is 8.87. The maximum absolute atomic E-state index is 6.20. The first-order valence-corrected chi connectivity index (χ1v) is 9.66. The Hall–Kier alpha value is -2.64. The van der Waals surface area contributed by atoms with E-state index >= 15 is 0 Å². The first kappa shape index (κ1) is 20.1. The van der Waals surface area contributed by atoms with E-state index in [0.717, 1.165) is 29.8 Å². The van der Waals surface area contributed by atoms with Crippen LogP contribution >= 0.6 is 23.8 Å². The molecule has 0 atom stereocenters. The molecule has 8 heteroatoms. The zero-order valence-corrected chi connectivity index (χ0v) is 17.3. The topological polar surface area (TPSA) is 64.4 Å². The average molecular weight is 417 g/mol. The van der Waals surface area contributed by atoms with E-state index in [2.05, 4.69) is 22.2 Å². The van der Waals surface area contributed by atoms with Gasteiger partial charge in [0.15, 0.2) is 17.3 Å². The van der Waals surface area contributed by atoms with Gasteiger partial charge >= 0.3 is 0 Å². The molecule has 0 aliphatic heterocycles. The lowest BCUT2D eigenvalue weighted by atomic mass is 10.2. The number of halogens is 1. The highest BCUT2D eigenvalue weighted by Crippen LogP contribution is 2.29. The zero-order chi connectivity index (χ0) is 19.9. The molecule has 146 valence electrons. The summed E-state index contributed by atoms with van der Waals surface area (Å²) in [5.41, 5.74) is 1.75. The summed E-state index contributed by atoms with van der Waals surface area (Å²) in [6.45, 7) is 2.42. The summed E-state index contributed by atoms with van der Waals surface area (Å²) < 4.78 is 13.4.